The lowest BCUT2D eigenvalue weighted by molar-refractivity contribution is -0.694. The molecule has 0 saturated carbocycles. The lowest BCUT2D eigenvalue weighted by Gasteiger charge is -1.98. The van der Waals surface area contributed by atoms with Crippen LogP contribution in [0.3, 0.4) is 0 Å². The fraction of sp³-hybridized carbons (Fsp3) is 0.182. The van der Waals surface area contributed by atoms with Crippen molar-refractivity contribution in [2.45, 2.75) is 13.5 Å². The Kier molecular flexibility index (Phi) is 5.01. The van der Waals surface area contributed by atoms with Crippen molar-refractivity contribution in [1.29, 1.82) is 0 Å². The summed E-state index contributed by atoms with van der Waals surface area (Å²) in [5.41, 5.74) is 0.162. The van der Waals surface area contributed by atoms with E-state index in [0.717, 1.165) is 11.9 Å². The lowest BCUT2D eigenvalue weighted by atomic mass is 10.1. The average Bonchev–Trinajstić information content (AvgIpc) is 2.35. The fourth-order valence-electron chi connectivity index (χ4n) is 1.61. The first-order valence-corrected chi connectivity index (χ1v) is 5.66. The van der Waals surface area contributed by atoms with Crippen molar-refractivity contribution in [3.8, 4) is 0 Å². The molecule has 0 aliphatic rings. The SMILES string of the molecule is CC[n+]1cc([N+](=O)[O-])c2ccccc2c1.F[B-](F)(F)F. The molecule has 9 heteroatoms. The predicted octanol–water partition coefficient (Wildman–Crippen LogP) is 3.36. The number of pyridine rings is 1. The highest BCUT2D eigenvalue weighted by Gasteiger charge is 2.20. The van der Waals surface area contributed by atoms with Crippen LogP contribution in [0.15, 0.2) is 36.7 Å². The van der Waals surface area contributed by atoms with Crippen LogP contribution < -0.4 is 4.57 Å². The van der Waals surface area contributed by atoms with Crippen molar-refractivity contribution < 1.29 is 26.8 Å². The summed E-state index contributed by atoms with van der Waals surface area (Å²) in [5, 5.41) is 12.5. The molecule has 0 unspecified atom stereocenters. The third kappa shape index (κ3) is 4.83. The van der Waals surface area contributed by atoms with Gasteiger partial charge in [-0.05, 0) is 19.1 Å². The molecule has 2 rings (SSSR count). The number of halogens is 4. The molecule has 0 N–H and O–H groups in total. The Bertz CT molecular complexity index is 613. The van der Waals surface area contributed by atoms with Crippen molar-refractivity contribution in [2.24, 2.45) is 0 Å². The molecule has 1 aromatic carbocycles. The molecule has 20 heavy (non-hydrogen) atoms. The van der Waals surface area contributed by atoms with Gasteiger partial charge in [0.15, 0.2) is 6.20 Å². The van der Waals surface area contributed by atoms with Crippen molar-refractivity contribution in [1.82, 2.24) is 0 Å². The zero-order valence-electron chi connectivity index (χ0n) is 10.5. The Morgan fingerprint density at radius 3 is 2.25 bits per heavy atom. The summed E-state index contributed by atoms with van der Waals surface area (Å²) in [6, 6.07) is 7.35. The molecule has 0 aliphatic carbocycles. The first-order chi connectivity index (χ1) is 9.22. The molecule has 2 aromatic rings. The number of hydrogen-bond acceptors (Lipinski definition) is 2. The second kappa shape index (κ2) is 6.31. The second-order valence-electron chi connectivity index (χ2n) is 3.81. The van der Waals surface area contributed by atoms with Gasteiger partial charge in [-0.2, -0.15) is 4.57 Å². The van der Waals surface area contributed by atoms with Crippen LogP contribution in [0, 0.1) is 10.1 Å². The Labute approximate surface area is 111 Å². The largest absolute Gasteiger partial charge is 0.673 e. The number of nitrogens with zero attached hydrogens (tertiary/aromatic N) is 2. The van der Waals surface area contributed by atoms with Gasteiger partial charge in [0.05, 0.1) is 15.7 Å². The molecule has 1 heterocycles. The van der Waals surface area contributed by atoms with E-state index < -0.39 is 7.25 Å². The van der Waals surface area contributed by atoms with E-state index in [1.54, 1.807) is 12.3 Å². The van der Waals surface area contributed by atoms with Gasteiger partial charge in [0.1, 0.15) is 6.54 Å². The maximum absolute atomic E-state index is 10.9. The van der Waals surface area contributed by atoms with Gasteiger partial charge in [0.25, 0.3) is 0 Å². The molecular formula is C11H11BF4N2O2. The summed E-state index contributed by atoms with van der Waals surface area (Å²) >= 11 is 0. The molecule has 0 spiro atoms. The molecule has 4 nitrogen and oxygen atoms in total. The zero-order chi connectivity index (χ0) is 15.3. The van der Waals surface area contributed by atoms with Crippen LogP contribution in [-0.4, -0.2) is 12.2 Å². The zero-order valence-corrected chi connectivity index (χ0v) is 10.5. The van der Waals surface area contributed by atoms with Crippen molar-refractivity contribution in [3.05, 3.63) is 46.8 Å². The molecule has 0 radical (unpaired) electrons. The highest BCUT2D eigenvalue weighted by atomic mass is 19.5. The highest BCUT2D eigenvalue weighted by Crippen LogP contribution is 2.22. The molecule has 0 fully saturated rings. The van der Waals surface area contributed by atoms with Crippen molar-refractivity contribution in [2.75, 3.05) is 0 Å². The number of benzene rings is 1. The Balaban J connectivity index is 0.000000347. The molecule has 0 bridgehead atoms. The van der Waals surface area contributed by atoms with Crippen LogP contribution >= 0.6 is 0 Å². The summed E-state index contributed by atoms with van der Waals surface area (Å²) in [4.78, 5) is 10.5. The maximum atomic E-state index is 10.9. The van der Waals surface area contributed by atoms with Crippen LogP contribution in [-0.2, 0) is 6.54 Å². The Hall–Kier alpha value is -2.19. The summed E-state index contributed by atoms with van der Waals surface area (Å²) < 4.78 is 40.8. The number of rotatable bonds is 2. The number of fused-ring (bicyclic) bond motifs is 1. The predicted molar refractivity (Wildman–Crippen MR) is 66.7 cm³/mol. The van der Waals surface area contributed by atoms with E-state index in [9.17, 15) is 27.4 Å². The van der Waals surface area contributed by atoms with E-state index in [-0.39, 0.29) is 10.6 Å². The van der Waals surface area contributed by atoms with Crippen molar-refractivity contribution in [3.63, 3.8) is 0 Å². The van der Waals surface area contributed by atoms with Crippen LogP contribution in [0.2, 0.25) is 0 Å². The summed E-state index contributed by atoms with van der Waals surface area (Å²) in [7, 11) is -6.00. The smallest absolute Gasteiger partial charge is 0.418 e. The number of aromatic nitrogens is 1. The minimum atomic E-state index is -6.00. The number of nitro groups is 1. The molecule has 0 aliphatic heterocycles. The van der Waals surface area contributed by atoms with Crippen LogP contribution in [0.5, 0.6) is 0 Å². The van der Waals surface area contributed by atoms with Crippen LogP contribution in [0.1, 0.15) is 6.92 Å². The summed E-state index contributed by atoms with van der Waals surface area (Å²) in [6.07, 6.45) is 3.49. The van der Waals surface area contributed by atoms with E-state index in [2.05, 4.69) is 0 Å². The third-order valence-electron chi connectivity index (χ3n) is 2.39. The van der Waals surface area contributed by atoms with Crippen molar-refractivity contribution >= 4 is 23.7 Å². The maximum Gasteiger partial charge on any atom is 0.673 e. The van der Waals surface area contributed by atoms with Gasteiger partial charge in [-0.1, -0.05) is 12.1 Å². The van der Waals surface area contributed by atoms with Gasteiger partial charge in [-0.3, -0.25) is 10.1 Å². The van der Waals surface area contributed by atoms with E-state index in [1.807, 2.05) is 35.9 Å². The Morgan fingerprint density at radius 2 is 1.75 bits per heavy atom. The van der Waals surface area contributed by atoms with E-state index in [1.165, 1.54) is 0 Å². The lowest BCUT2D eigenvalue weighted by Crippen LogP contribution is -2.31. The summed E-state index contributed by atoms with van der Waals surface area (Å²) in [6.45, 7) is 2.68. The minimum Gasteiger partial charge on any atom is -0.418 e. The normalized spacial score (nSPS) is 10.8. The highest BCUT2D eigenvalue weighted by molar-refractivity contribution is 6.50. The van der Waals surface area contributed by atoms with E-state index >= 15 is 0 Å². The third-order valence-corrected chi connectivity index (χ3v) is 2.39. The monoisotopic (exact) mass is 290 g/mol. The van der Waals surface area contributed by atoms with Crippen LogP contribution in [0.25, 0.3) is 10.8 Å². The minimum absolute atomic E-state index is 0.162. The molecular weight excluding hydrogens is 279 g/mol. The van der Waals surface area contributed by atoms with Gasteiger partial charge in [-0.25, -0.2) is 0 Å². The topological polar surface area (TPSA) is 47.0 Å². The standard InChI is InChI=1S/C11H11N2O2.BF4/c1-2-12-7-9-5-3-4-6-10(9)11(8-12)13(14)15;2-1(3,4)5/h3-8H,2H2,1H3;/q+1;-1. The fourth-order valence-corrected chi connectivity index (χ4v) is 1.61. The van der Waals surface area contributed by atoms with Crippen LogP contribution in [0.4, 0.5) is 23.0 Å². The molecule has 0 amide bonds. The quantitative estimate of drug-likeness (QED) is 0.280. The Morgan fingerprint density at radius 1 is 1.20 bits per heavy atom. The van der Waals surface area contributed by atoms with Gasteiger partial charge >= 0.3 is 12.9 Å². The average molecular weight is 290 g/mol. The van der Waals surface area contributed by atoms with Gasteiger partial charge in [-0.15, -0.1) is 0 Å². The van der Waals surface area contributed by atoms with Gasteiger partial charge < -0.3 is 17.3 Å². The molecule has 0 atom stereocenters. The second-order valence-corrected chi connectivity index (χ2v) is 3.81. The number of hydrogen-bond donors (Lipinski definition) is 0. The van der Waals surface area contributed by atoms with E-state index in [4.69, 9.17) is 0 Å². The molecule has 0 saturated heterocycles. The first-order valence-electron chi connectivity index (χ1n) is 5.66. The summed E-state index contributed by atoms with van der Waals surface area (Å²) in [5.74, 6) is 0. The molecule has 1 aromatic heterocycles. The molecule has 108 valence electrons. The van der Waals surface area contributed by atoms with E-state index in [0.29, 0.717) is 5.39 Å². The van der Waals surface area contributed by atoms with Gasteiger partial charge in [0.2, 0.25) is 6.20 Å². The first kappa shape index (κ1) is 15.9. The number of aryl methyl sites for hydroxylation is 1. The van der Waals surface area contributed by atoms with Gasteiger partial charge in [0, 0.05) is 0 Å².